The first-order chi connectivity index (χ1) is 16.7. The molecule has 0 spiro atoms. The van der Waals surface area contributed by atoms with E-state index in [1.807, 2.05) is 4.90 Å². The van der Waals surface area contributed by atoms with Crippen molar-refractivity contribution in [3.05, 3.63) is 42.5 Å². The first-order valence-electron chi connectivity index (χ1n) is 11.4. The van der Waals surface area contributed by atoms with Crippen LogP contribution in [0, 0.1) is 17.7 Å². The molecule has 0 unspecified atom stereocenters. The first-order valence-corrected chi connectivity index (χ1v) is 13.1. The Hall–Kier alpha value is -3.12. The van der Waals surface area contributed by atoms with Crippen LogP contribution in [0.15, 0.2) is 36.7 Å². The average molecular weight is 506 g/mol. The van der Waals surface area contributed by atoms with E-state index in [-0.39, 0.29) is 43.7 Å². The van der Waals surface area contributed by atoms with Crippen molar-refractivity contribution in [2.24, 2.45) is 11.8 Å². The molecule has 1 aromatic heterocycles. The van der Waals surface area contributed by atoms with E-state index in [1.165, 1.54) is 16.4 Å². The van der Waals surface area contributed by atoms with Gasteiger partial charge in [0.1, 0.15) is 12.4 Å². The van der Waals surface area contributed by atoms with E-state index in [2.05, 4.69) is 9.97 Å². The molecular formula is C23H28FN5O5S. The van der Waals surface area contributed by atoms with E-state index in [4.69, 9.17) is 4.74 Å². The van der Waals surface area contributed by atoms with Gasteiger partial charge in [0.15, 0.2) is 0 Å². The van der Waals surface area contributed by atoms with E-state index >= 15 is 0 Å². The fraction of sp³-hybridized carbons (Fsp3) is 0.478. The molecule has 0 N–H and O–H groups in total. The fourth-order valence-corrected chi connectivity index (χ4v) is 6.03. The SMILES string of the molecule is CC(C)[C@@H](CS(=O)(=O)N1CCN(c2ncc(-c3ccc(F)cc3)cn2)CC1)C(=O)N1CCOC1=O. The molecule has 0 radical (unpaired) electrons. The summed E-state index contributed by atoms with van der Waals surface area (Å²) >= 11 is 0. The van der Waals surface area contributed by atoms with Gasteiger partial charge in [0.2, 0.25) is 21.9 Å². The Labute approximate surface area is 203 Å². The number of aromatic nitrogens is 2. The summed E-state index contributed by atoms with van der Waals surface area (Å²) in [5, 5.41) is 0. The van der Waals surface area contributed by atoms with Crippen molar-refractivity contribution in [3.8, 4) is 11.1 Å². The quantitative estimate of drug-likeness (QED) is 0.562. The summed E-state index contributed by atoms with van der Waals surface area (Å²) in [6.07, 6.45) is 2.58. The predicted octanol–water partition coefficient (Wildman–Crippen LogP) is 1.99. The molecule has 2 aromatic rings. The number of nitrogens with zero attached hydrogens (tertiary/aromatic N) is 5. The maximum atomic E-state index is 13.1. The molecule has 2 fully saturated rings. The Morgan fingerprint density at radius 2 is 1.66 bits per heavy atom. The second-order valence-electron chi connectivity index (χ2n) is 8.90. The van der Waals surface area contributed by atoms with Crippen LogP contribution in [-0.2, 0) is 19.6 Å². The van der Waals surface area contributed by atoms with Gasteiger partial charge in [-0.2, -0.15) is 4.31 Å². The number of benzene rings is 1. The third-order valence-electron chi connectivity index (χ3n) is 6.27. The lowest BCUT2D eigenvalue weighted by molar-refractivity contribution is -0.132. The summed E-state index contributed by atoms with van der Waals surface area (Å²) in [7, 11) is -3.74. The number of halogens is 1. The smallest absolute Gasteiger partial charge is 0.416 e. The molecule has 2 aliphatic heterocycles. The van der Waals surface area contributed by atoms with Crippen molar-refractivity contribution >= 4 is 28.0 Å². The first kappa shape index (κ1) is 25.0. The van der Waals surface area contributed by atoms with Crippen LogP contribution in [0.25, 0.3) is 11.1 Å². The Morgan fingerprint density at radius 3 is 2.20 bits per heavy atom. The number of imide groups is 1. The van der Waals surface area contributed by atoms with E-state index in [0.29, 0.717) is 19.0 Å². The molecule has 2 amide bonds. The second kappa shape index (κ2) is 10.2. The number of amides is 2. The van der Waals surface area contributed by atoms with E-state index in [0.717, 1.165) is 16.0 Å². The van der Waals surface area contributed by atoms with Crippen LogP contribution in [0.3, 0.4) is 0 Å². The fourth-order valence-electron chi connectivity index (χ4n) is 4.12. The molecule has 188 valence electrons. The van der Waals surface area contributed by atoms with Crippen LogP contribution in [0.2, 0.25) is 0 Å². The molecular weight excluding hydrogens is 477 g/mol. The van der Waals surface area contributed by atoms with Crippen molar-refractivity contribution in [1.29, 1.82) is 0 Å². The molecule has 4 rings (SSSR count). The zero-order chi connectivity index (χ0) is 25.2. The van der Waals surface area contributed by atoms with Gasteiger partial charge in [-0.15, -0.1) is 0 Å². The molecule has 35 heavy (non-hydrogen) atoms. The molecule has 1 atom stereocenters. The van der Waals surface area contributed by atoms with E-state index < -0.39 is 27.9 Å². The maximum Gasteiger partial charge on any atom is 0.416 e. The number of anilines is 1. The second-order valence-corrected chi connectivity index (χ2v) is 10.9. The lowest BCUT2D eigenvalue weighted by Gasteiger charge is -2.35. The summed E-state index contributed by atoms with van der Waals surface area (Å²) in [5.74, 6) is -1.82. The highest BCUT2D eigenvalue weighted by Crippen LogP contribution is 2.23. The lowest BCUT2D eigenvalue weighted by atomic mass is 9.96. The third kappa shape index (κ3) is 5.59. The average Bonchev–Trinajstić information content (AvgIpc) is 3.28. The number of piperazine rings is 1. The minimum absolute atomic E-state index is 0.122. The predicted molar refractivity (Wildman–Crippen MR) is 126 cm³/mol. The van der Waals surface area contributed by atoms with Gasteiger partial charge in [0.25, 0.3) is 0 Å². The summed E-state index contributed by atoms with van der Waals surface area (Å²) in [5.41, 5.74) is 1.55. The number of ether oxygens (including phenoxy) is 1. The van der Waals surface area contributed by atoms with Gasteiger partial charge in [-0.3, -0.25) is 4.79 Å². The minimum Gasteiger partial charge on any atom is -0.447 e. The number of cyclic esters (lactones) is 1. The number of hydrogen-bond acceptors (Lipinski definition) is 8. The van der Waals surface area contributed by atoms with Crippen molar-refractivity contribution in [1.82, 2.24) is 19.2 Å². The van der Waals surface area contributed by atoms with Crippen molar-refractivity contribution in [2.75, 3.05) is 50.0 Å². The van der Waals surface area contributed by atoms with Gasteiger partial charge < -0.3 is 9.64 Å². The highest BCUT2D eigenvalue weighted by Gasteiger charge is 2.39. The topological polar surface area (TPSA) is 113 Å². The Balaban J connectivity index is 1.37. The van der Waals surface area contributed by atoms with Crippen molar-refractivity contribution in [3.63, 3.8) is 0 Å². The number of hydrogen-bond donors (Lipinski definition) is 0. The van der Waals surface area contributed by atoms with Crippen LogP contribution in [-0.4, -0.2) is 84.7 Å². The van der Waals surface area contributed by atoms with Crippen LogP contribution in [0.5, 0.6) is 0 Å². The number of sulfonamides is 1. The van der Waals surface area contributed by atoms with Crippen molar-refractivity contribution < 1.29 is 27.1 Å². The number of rotatable bonds is 7. The Morgan fingerprint density at radius 1 is 1.03 bits per heavy atom. The van der Waals surface area contributed by atoms with Crippen LogP contribution >= 0.6 is 0 Å². The third-order valence-corrected chi connectivity index (χ3v) is 8.20. The molecule has 3 heterocycles. The Kier molecular flexibility index (Phi) is 7.31. The summed E-state index contributed by atoms with van der Waals surface area (Å²) < 4.78 is 45.6. The molecule has 0 saturated carbocycles. The standard InChI is InChI=1S/C23H28FN5O5S/c1-16(2)20(21(30)29-11-12-34-23(29)31)15-35(32,33)28-9-7-27(8-10-28)22-25-13-18(14-26-22)17-3-5-19(24)6-4-17/h3-6,13-14,16,20H,7-12,15H2,1-2H3/t20-/m1/s1. The molecule has 1 aromatic carbocycles. The van der Waals surface area contributed by atoms with Crippen molar-refractivity contribution in [2.45, 2.75) is 13.8 Å². The van der Waals surface area contributed by atoms with Gasteiger partial charge in [0.05, 0.1) is 18.2 Å². The largest absolute Gasteiger partial charge is 0.447 e. The zero-order valence-electron chi connectivity index (χ0n) is 19.6. The molecule has 2 saturated heterocycles. The minimum atomic E-state index is -3.74. The monoisotopic (exact) mass is 505 g/mol. The molecule has 0 bridgehead atoms. The maximum absolute atomic E-state index is 13.1. The summed E-state index contributed by atoms with van der Waals surface area (Å²) in [6, 6.07) is 6.05. The highest BCUT2D eigenvalue weighted by molar-refractivity contribution is 7.89. The van der Waals surface area contributed by atoms with Gasteiger partial charge in [-0.1, -0.05) is 26.0 Å². The number of carbonyl (C=O) groups excluding carboxylic acids is 2. The summed E-state index contributed by atoms with van der Waals surface area (Å²) in [6.45, 7) is 5.05. The zero-order valence-corrected chi connectivity index (χ0v) is 20.4. The highest BCUT2D eigenvalue weighted by atomic mass is 32.2. The van der Waals surface area contributed by atoms with Crippen LogP contribution in [0.1, 0.15) is 13.8 Å². The molecule has 2 aliphatic rings. The van der Waals surface area contributed by atoms with Gasteiger partial charge in [-0.05, 0) is 23.6 Å². The van der Waals surface area contributed by atoms with E-state index in [1.54, 1.807) is 38.4 Å². The van der Waals surface area contributed by atoms with Gasteiger partial charge in [0, 0.05) is 44.1 Å². The van der Waals surface area contributed by atoms with Gasteiger partial charge >= 0.3 is 6.09 Å². The Bertz CT molecular complexity index is 1170. The molecule has 10 nitrogen and oxygen atoms in total. The molecule has 0 aliphatic carbocycles. The van der Waals surface area contributed by atoms with E-state index in [9.17, 15) is 22.4 Å². The number of carbonyl (C=O) groups is 2. The molecule has 12 heteroatoms. The normalized spacial score (nSPS) is 18.1. The summed E-state index contributed by atoms with van der Waals surface area (Å²) in [4.78, 5) is 36.3. The van der Waals surface area contributed by atoms with Gasteiger partial charge in [-0.25, -0.2) is 32.5 Å². The van der Waals surface area contributed by atoms with Crippen LogP contribution in [0.4, 0.5) is 15.1 Å². The lowest BCUT2D eigenvalue weighted by Crippen LogP contribution is -2.51. The van der Waals surface area contributed by atoms with Crippen LogP contribution < -0.4 is 4.90 Å².